The van der Waals surface area contributed by atoms with Gasteiger partial charge in [0.1, 0.15) is 0 Å². The number of hydrogen-bond donors (Lipinski definition) is 2. The zero-order valence-corrected chi connectivity index (χ0v) is 11.5. The van der Waals surface area contributed by atoms with Crippen molar-refractivity contribution in [3.8, 4) is 0 Å². The van der Waals surface area contributed by atoms with Gasteiger partial charge in [-0.2, -0.15) is 0 Å². The summed E-state index contributed by atoms with van der Waals surface area (Å²) in [6.07, 6.45) is 3.54. The van der Waals surface area contributed by atoms with E-state index in [0.29, 0.717) is 13.0 Å². The lowest BCUT2D eigenvalue weighted by atomic mass is 10.0. The first-order chi connectivity index (χ1) is 8.74. The molecule has 0 aromatic heterocycles. The molecule has 2 atom stereocenters. The fourth-order valence-electron chi connectivity index (χ4n) is 2.44. The standard InChI is InChI=1S/C13H26N2O3/c1-3-7-14-12-5-4-8-15(13(12)17)11(6-9-16)10-18-2/h11-12,14,16H,3-10H2,1-2H3. The molecule has 0 aromatic rings. The first-order valence-electron chi connectivity index (χ1n) is 6.88. The maximum Gasteiger partial charge on any atom is 0.240 e. The molecule has 2 unspecified atom stereocenters. The Bertz CT molecular complexity index is 242. The molecule has 0 aromatic carbocycles. The summed E-state index contributed by atoms with van der Waals surface area (Å²) in [5.41, 5.74) is 0. The fourth-order valence-corrected chi connectivity index (χ4v) is 2.44. The Morgan fingerprint density at radius 3 is 3.00 bits per heavy atom. The number of nitrogens with one attached hydrogen (secondary N) is 1. The van der Waals surface area contributed by atoms with Crippen LogP contribution in [-0.4, -0.2) is 61.4 Å². The van der Waals surface area contributed by atoms with Crippen LogP contribution in [0, 0.1) is 0 Å². The van der Waals surface area contributed by atoms with Gasteiger partial charge >= 0.3 is 0 Å². The number of piperidine rings is 1. The summed E-state index contributed by atoms with van der Waals surface area (Å²) < 4.78 is 5.15. The summed E-state index contributed by atoms with van der Waals surface area (Å²) in [4.78, 5) is 14.2. The molecular formula is C13H26N2O3. The molecule has 1 fully saturated rings. The highest BCUT2D eigenvalue weighted by Crippen LogP contribution is 2.17. The minimum atomic E-state index is -0.0586. The quantitative estimate of drug-likeness (QED) is 0.660. The van der Waals surface area contributed by atoms with Crippen molar-refractivity contribution in [3.05, 3.63) is 0 Å². The Hall–Kier alpha value is -0.650. The van der Waals surface area contributed by atoms with Gasteiger partial charge in [0.25, 0.3) is 0 Å². The Kier molecular flexibility index (Phi) is 7.23. The van der Waals surface area contributed by atoms with Gasteiger partial charge in [0.2, 0.25) is 5.91 Å². The maximum atomic E-state index is 12.3. The van der Waals surface area contributed by atoms with Crippen molar-refractivity contribution >= 4 is 5.91 Å². The molecule has 106 valence electrons. The van der Waals surface area contributed by atoms with Crippen LogP contribution in [0.2, 0.25) is 0 Å². The summed E-state index contributed by atoms with van der Waals surface area (Å²) in [6, 6.07) is -0.0597. The van der Waals surface area contributed by atoms with E-state index in [-0.39, 0.29) is 24.6 Å². The predicted molar refractivity (Wildman–Crippen MR) is 70.4 cm³/mol. The molecule has 5 heteroatoms. The summed E-state index contributed by atoms with van der Waals surface area (Å²) >= 11 is 0. The normalized spacial score (nSPS) is 22.3. The number of carbonyl (C=O) groups excluding carboxylic acids is 1. The average molecular weight is 258 g/mol. The molecule has 0 radical (unpaired) electrons. The lowest BCUT2D eigenvalue weighted by Crippen LogP contribution is -2.55. The van der Waals surface area contributed by atoms with E-state index in [1.54, 1.807) is 7.11 Å². The fraction of sp³-hybridized carbons (Fsp3) is 0.923. The molecule has 0 bridgehead atoms. The van der Waals surface area contributed by atoms with Crippen molar-refractivity contribution in [2.45, 2.75) is 44.7 Å². The van der Waals surface area contributed by atoms with Crippen LogP contribution >= 0.6 is 0 Å². The van der Waals surface area contributed by atoms with Crippen LogP contribution in [0.3, 0.4) is 0 Å². The summed E-state index contributed by atoms with van der Waals surface area (Å²) in [7, 11) is 1.63. The zero-order chi connectivity index (χ0) is 13.4. The minimum Gasteiger partial charge on any atom is -0.396 e. The van der Waals surface area contributed by atoms with Gasteiger partial charge in [0.15, 0.2) is 0 Å². The van der Waals surface area contributed by atoms with Crippen LogP contribution in [-0.2, 0) is 9.53 Å². The number of hydrogen-bond acceptors (Lipinski definition) is 4. The van der Waals surface area contributed by atoms with Crippen LogP contribution in [0.1, 0.15) is 32.6 Å². The number of nitrogens with zero attached hydrogens (tertiary/aromatic N) is 1. The number of aliphatic hydroxyl groups excluding tert-OH is 1. The second kappa shape index (κ2) is 8.45. The van der Waals surface area contributed by atoms with Crippen molar-refractivity contribution in [3.63, 3.8) is 0 Å². The highest BCUT2D eigenvalue weighted by atomic mass is 16.5. The SMILES string of the molecule is CCCNC1CCCN(C(CCO)COC)C1=O. The van der Waals surface area contributed by atoms with Crippen molar-refractivity contribution in [2.75, 3.05) is 33.4 Å². The summed E-state index contributed by atoms with van der Waals surface area (Å²) in [5, 5.41) is 12.4. The van der Waals surface area contributed by atoms with Gasteiger partial charge in [-0.3, -0.25) is 4.79 Å². The smallest absolute Gasteiger partial charge is 0.240 e. The molecule has 1 aliphatic rings. The lowest BCUT2D eigenvalue weighted by molar-refractivity contribution is -0.140. The third-order valence-corrected chi connectivity index (χ3v) is 3.38. The molecule has 1 amide bonds. The lowest BCUT2D eigenvalue weighted by Gasteiger charge is -2.38. The highest BCUT2D eigenvalue weighted by Gasteiger charge is 2.32. The van der Waals surface area contributed by atoms with Crippen molar-refractivity contribution in [1.29, 1.82) is 0 Å². The molecule has 0 aliphatic carbocycles. The van der Waals surface area contributed by atoms with Crippen molar-refractivity contribution < 1.29 is 14.6 Å². The third kappa shape index (κ3) is 4.23. The van der Waals surface area contributed by atoms with E-state index in [1.165, 1.54) is 0 Å². The number of amides is 1. The molecule has 0 saturated carbocycles. The van der Waals surface area contributed by atoms with Crippen LogP contribution in [0.15, 0.2) is 0 Å². The minimum absolute atomic E-state index is 0.00118. The molecule has 1 heterocycles. The number of methoxy groups -OCH3 is 1. The van der Waals surface area contributed by atoms with Crippen LogP contribution in [0.4, 0.5) is 0 Å². The van der Waals surface area contributed by atoms with Gasteiger partial charge in [0.05, 0.1) is 18.7 Å². The Morgan fingerprint density at radius 1 is 1.61 bits per heavy atom. The van der Waals surface area contributed by atoms with Gasteiger partial charge in [-0.1, -0.05) is 6.92 Å². The average Bonchev–Trinajstić information content (AvgIpc) is 2.37. The van der Waals surface area contributed by atoms with Crippen LogP contribution in [0.25, 0.3) is 0 Å². The molecule has 0 spiro atoms. The van der Waals surface area contributed by atoms with E-state index in [9.17, 15) is 4.79 Å². The number of aliphatic hydroxyl groups is 1. The predicted octanol–water partition coefficient (Wildman–Crippen LogP) is 0.374. The maximum absolute atomic E-state index is 12.3. The van der Waals surface area contributed by atoms with Crippen LogP contribution < -0.4 is 5.32 Å². The zero-order valence-electron chi connectivity index (χ0n) is 11.5. The van der Waals surface area contributed by atoms with Gasteiger partial charge in [-0.15, -0.1) is 0 Å². The van der Waals surface area contributed by atoms with E-state index in [2.05, 4.69) is 12.2 Å². The van der Waals surface area contributed by atoms with Gasteiger partial charge in [-0.25, -0.2) is 0 Å². The van der Waals surface area contributed by atoms with E-state index in [4.69, 9.17) is 9.84 Å². The van der Waals surface area contributed by atoms with Gasteiger partial charge in [0, 0.05) is 20.3 Å². The monoisotopic (exact) mass is 258 g/mol. The van der Waals surface area contributed by atoms with Gasteiger partial charge in [-0.05, 0) is 32.2 Å². The number of rotatable bonds is 8. The second-order valence-electron chi connectivity index (χ2n) is 4.80. The number of likely N-dealkylation sites (tertiary alicyclic amines) is 1. The topological polar surface area (TPSA) is 61.8 Å². The Balaban J connectivity index is 2.59. The molecular weight excluding hydrogens is 232 g/mol. The first-order valence-corrected chi connectivity index (χ1v) is 6.88. The largest absolute Gasteiger partial charge is 0.396 e. The first kappa shape index (κ1) is 15.4. The Labute approximate surface area is 109 Å². The molecule has 2 N–H and O–H groups in total. The van der Waals surface area contributed by atoms with E-state index < -0.39 is 0 Å². The van der Waals surface area contributed by atoms with Crippen molar-refractivity contribution in [2.24, 2.45) is 0 Å². The number of ether oxygens (including phenoxy) is 1. The number of carbonyl (C=O) groups is 1. The van der Waals surface area contributed by atoms with Gasteiger partial charge < -0.3 is 20.1 Å². The third-order valence-electron chi connectivity index (χ3n) is 3.38. The second-order valence-corrected chi connectivity index (χ2v) is 4.80. The van der Waals surface area contributed by atoms with E-state index >= 15 is 0 Å². The van der Waals surface area contributed by atoms with Crippen LogP contribution in [0.5, 0.6) is 0 Å². The molecule has 1 saturated heterocycles. The molecule has 1 aliphatic heterocycles. The Morgan fingerprint density at radius 2 is 2.39 bits per heavy atom. The summed E-state index contributed by atoms with van der Waals surface area (Å²) in [6.45, 7) is 4.32. The molecule has 1 rings (SSSR count). The highest BCUT2D eigenvalue weighted by molar-refractivity contribution is 5.83. The van der Waals surface area contributed by atoms with E-state index in [1.807, 2.05) is 4.90 Å². The molecule has 5 nitrogen and oxygen atoms in total. The summed E-state index contributed by atoms with van der Waals surface area (Å²) in [5.74, 6) is 0.158. The van der Waals surface area contributed by atoms with E-state index in [0.717, 1.165) is 32.4 Å². The molecule has 18 heavy (non-hydrogen) atoms. The van der Waals surface area contributed by atoms with Crippen molar-refractivity contribution in [1.82, 2.24) is 10.2 Å².